The van der Waals surface area contributed by atoms with Crippen molar-refractivity contribution in [1.82, 2.24) is 0 Å². The first kappa shape index (κ1) is 11.5. The van der Waals surface area contributed by atoms with Gasteiger partial charge in [0.25, 0.3) is 0 Å². The Bertz CT molecular complexity index is 30.0. The van der Waals surface area contributed by atoms with Crippen LogP contribution < -0.4 is 12.4 Å². The molecule has 0 saturated heterocycles. The van der Waals surface area contributed by atoms with Gasteiger partial charge in [-0.2, -0.15) is 0 Å². The van der Waals surface area contributed by atoms with E-state index in [1.165, 1.54) is 19.0 Å². The minimum atomic E-state index is 0. The van der Waals surface area contributed by atoms with Gasteiger partial charge < -0.3 is 12.4 Å². The summed E-state index contributed by atoms with van der Waals surface area (Å²) in [5.41, 5.74) is 0. The summed E-state index contributed by atoms with van der Waals surface area (Å²) in [6.45, 7) is 4.53. The average molecular weight is 155 g/mol. The molecule has 0 spiro atoms. The lowest BCUT2D eigenvalue weighted by molar-refractivity contribution is -0.00000157. The van der Waals surface area contributed by atoms with E-state index in [0.29, 0.717) is 0 Å². The van der Waals surface area contributed by atoms with Gasteiger partial charge in [-0.1, -0.05) is 13.8 Å². The number of halogens is 1. The Labute approximate surface area is 61.0 Å². The molecule has 0 aromatic carbocycles. The molecular formula is C6H16ClP. The molecule has 0 nitrogen and oxygen atoms in total. The van der Waals surface area contributed by atoms with Crippen molar-refractivity contribution in [1.29, 1.82) is 0 Å². The Balaban J connectivity index is 0. The van der Waals surface area contributed by atoms with Crippen LogP contribution in [0.2, 0.25) is 0 Å². The van der Waals surface area contributed by atoms with E-state index in [-0.39, 0.29) is 12.4 Å². The van der Waals surface area contributed by atoms with Crippen LogP contribution in [0.25, 0.3) is 0 Å². The van der Waals surface area contributed by atoms with E-state index in [1.54, 1.807) is 0 Å². The van der Waals surface area contributed by atoms with E-state index in [0.717, 1.165) is 5.92 Å². The Morgan fingerprint density at radius 3 is 1.62 bits per heavy atom. The normalized spacial score (nSPS) is 9.38. The molecule has 8 heavy (non-hydrogen) atoms. The van der Waals surface area contributed by atoms with Crippen molar-refractivity contribution >= 4 is 9.24 Å². The maximum absolute atomic E-state index is 2.27. The summed E-state index contributed by atoms with van der Waals surface area (Å²) in [6.07, 6.45) is 4.10. The lowest BCUT2D eigenvalue weighted by atomic mass is 10.1. The molecule has 0 saturated carbocycles. The van der Waals surface area contributed by atoms with Crippen molar-refractivity contribution in [2.75, 3.05) is 6.16 Å². The van der Waals surface area contributed by atoms with Crippen LogP contribution in [0.15, 0.2) is 0 Å². The maximum Gasteiger partial charge on any atom is 0.0554 e. The molecular weight excluding hydrogens is 138 g/mol. The highest BCUT2D eigenvalue weighted by Crippen LogP contribution is 2.09. The zero-order valence-electron chi connectivity index (χ0n) is 5.78. The second-order valence-electron chi connectivity index (χ2n) is 1.97. The highest BCUT2D eigenvalue weighted by atomic mass is 35.5. The van der Waals surface area contributed by atoms with Gasteiger partial charge in [-0.05, 0) is 28.0 Å². The molecule has 0 heterocycles. The molecule has 0 aliphatic carbocycles. The highest BCUT2D eigenvalue weighted by Gasteiger charge is 1.99. The fraction of sp³-hybridized carbons (Fsp3) is 1.00. The fourth-order valence-corrected chi connectivity index (χ4v) is 1.51. The Morgan fingerprint density at radius 1 is 1.25 bits per heavy atom. The van der Waals surface area contributed by atoms with Crippen LogP contribution in [0.5, 0.6) is 0 Å². The van der Waals surface area contributed by atoms with E-state index in [4.69, 9.17) is 0 Å². The van der Waals surface area contributed by atoms with Gasteiger partial charge in [0.2, 0.25) is 0 Å². The van der Waals surface area contributed by atoms with Gasteiger partial charge in [0, 0.05) is 0 Å². The maximum atomic E-state index is 2.27. The SMILES string of the molecule is CCC(CC)C[PH3+].[Cl-]. The molecule has 0 aliphatic rings. The lowest BCUT2D eigenvalue weighted by Crippen LogP contribution is -3.00. The van der Waals surface area contributed by atoms with Gasteiger partial charge in [-0.25, -0.2) is 0 Å². The summed E-state index contributed by atoms with van der Waals surface area (Å²) in [6, 6.07) is 0. The first-order valence-corrected chi connectivity index (χ1v) is 4.14. The van der Waals surface area contributed by atoms with Gasteiger partial charge in [0.05, 0.1) is 6.16 Å². The summed E-state index contributed by atoms with van der Waals surface area (Å²) in [5, 5.41) is 0. The Kier molecular flexibility index (Phi) is 11.1. The van der Waals surface area contributed by atoms with Crippen LogP contribution in [-0.4, -0.2) is 6.16 Å². The molecule has 0 fully saturated rings. The number of hydrogen-bond acceptors (Lipinski definition) is 0. The third-order valence-electron chi connectivity index (χ3n) is 1.56. The molecule has 0 bridgehead atoms. The van der Waals surface area contributed by atoms with E-state index in [9.17, 15) is 0 Å². The van der Waals surface area contributed by atoms with Crippen molar-refractivity contribution in [2.24, 2.45) is 5.92 Å². The summed E-state index contributed by atoms with van der Waals surface area (Å²) >= 11 is 0. The van der Waals surface area contributed by atoms with Crippen molar-refractivity contribution < 1.29 is 12.4 Å². The van der Waals surface area contributed by atoms with Crippen LogP contribution in [0.4, 0.5) is 0 Å². The second kappa shape index (κ2) is 7.72. The van der Waals surface area contributed by atoms with Gasteiger partial charge >= 0.3 is 0 Å². The largest absolute Gasteiger partial charge is 1.00 e. The van der Waals surface area contributed by atoms with Crippen LogP contribution in [0.3, 0.4) is 0 Å². The smallest absolute Gasteiger partial charge is 0.0554 e. The topological polar surface area (TPSA) is 0 Å². The van der Waals surface area contributed by atoms with Gasteiger partial charge in [-0.15, -0.1) is 0 Å². The molecule has 0 radical (unpaired) electrons. The molecule has 2 heteroatoms. The summed E-state index contributed by atoms with van der Waals surface area (Å²) < 4.78 is 0. The monoisotopic (exact) mass is 154 g/mol. The summed E-state index contributed by atoms with van der Waals surface area (Å²) in [4.78, 5) is 0. The molecule has 1 unspecified atom stereocenters. The van der Waals surface area contributed by atoms with Crippen molar-refractivity contribution in [3.63, 3.8) is 0 Å². The number of rotatable bonds is 3. The predicted octanol–water partition coefficient (Wildman–Crippen LogP) is -0.966. The van der Waals surface area contributed by atoms with Crippen molar-refractivity contribution in [2.45, 2.75) is 26.7 Å². The second-order valence-corrected chi connectivity index (χ2v) is 2.55. The molecule has 1 atom stereocenters. The van der Waals surface area contributed by atoms with E-state index < -0.39 is 0 Å². The van der Waals surface area contributed by atoms with E-state index in [1.807, 2.05) is 0 Å². The number of hydrogen-bond donors (Lipinski definition) is 0. The van der Waals surface area contributed by atoms with Crippen molar-refractivity contribution in [3.8, 4) is 0 Å². The molecule has 0 rings (SSSR count). The van der Waals surface area contributed by atoms with Gasteiger partial charge in [0.1, 0.15) is 0 Å². The molecule has 0 N–H and O–H groups in total. The van der Waals surface area contributed by atoms with Gasteiger partial charge in [0.15, 0.2) is 0 Å². The lowest BCUT2D eigenvalue weighted by Gasteiger charge is -2.02. The third-order valence-corrected chi connectivity index (χ3v) is 2.38. The summed E-state index contributed by atoms with van der Waals surface area (Å²) in [7, 11) is 2.09. The van der Waals surface area contributed by atoms with Crippen LogP contribution in [-0.2, 0) is 0 Å². The van der Waals surface area contributed by atoms with Crippen LogP contribution >= 0.6 is 9.24 Å². The first-order valence-electron chi connectivity index (χ1n) is 3.14. The zero-order chi connectivity index (χ0) is 5.70. The van der Waals surface area contributed by atoms with E-state index >= 15 is 0 Å². The molecule has 52 valence electrons. The van der Waals surface area contributed by atoms with Gasteiger partial charge in [-0.3, -0.25) is 0 Å². The standard InChI is InChI=1S/C6H15P.ClH/c1-3-6(4-2)5-7;/h6H,3-5,7H2,1-2H3;1H. The fourth-order valence-electron chi connectivity index (χ4n) is 0.697. The quantitative estimate of drug-likeness (QED) is 0.460. The minimum absolute atomic E-state index is 0. The average Bonchev–Trinajstić information content (AvgIpc) is 1.72. The molecule has 0 aromatic heterocycles. The van der Waals surface area contributed by atoms with E-state index in [2.05, 4.69) is 23.1 Å². The molecule has 0 amide bonds. The third kappa shape index (κ3) is 4.87. The zero-order valence-corrected chi connectivity index (χ0v) is 7.95. The predicted molar refractivity (Wildman–Crippen MR) is 40.0 cm³/mol. The van der Waals surface area contributed by atoms with Crippen molar-refractivity contribution in [3.05, 3.63) is 0 Å². The van der Waals surface area contributed by atoms with Crippen LogP contribution in [0, 0.1) is 5.92 Å². The Hall–Kier alpha value is 0.720. The summed E-state index contributed by atoms with van der Waals surface area (Å²) in [5.74, 6) is 0.998. The molecule has 0 aromatic rings. The highest BCUT2D eigenvalue weighted by molar-refractivity contribution is 7.16. The first-order chi connectivity index (χ1) is 3.35. The molecule has 0 aliphatic heterocycles. The Morgan fingerprint density at radius 2 is 1.62 bits per heavy atom. The minimum Gasteiger partial charge on any atom is -1.00 e. The van der Waals surface area contributed by atoms with Crippen LogP contribution in [0.1, 0.15) is 26.7 Å².